The molecular weight excluding hydrogens is 266 g/mol. The van der Waals surface area contributed by atoms with E-state index in [0.29, 0.717) is 5.56 Å². The molecule has 0 fully saturated rings. The molecule has 6 heteroatoms. The van der Waals surface area contributed by atoms with Crippen molar-refractivity contribution in [2.24, 2.45) is 0 Å². The minimum atomic E-state index is -0.0472. The van der Waals surface area contributed by atoms with Crippen LogP contribution in [-0.4, -0.2) is 40.6 Å². The smallest absolute Gasteiger partial charge is 0.251 e. The molecule has 1 amide bonds. The predicted octanol–water partition coefficient (Wildman–Crippen LogP) is 1.09. The van der Waals surface area contributed by atoms with Crippen LogP contribution in [0.1, 0.15) is 22.6 Å². The molecule has 110 valence electrons. The minimum absolute atomic E-state index is 0.0472. The zero-order valence-corrected chi connectivity index (χ0v) is 12.3. The molecule has 0 aliphatic carbocycles. The predicted molar refractivity (Wildman–Crippen MR) is 80.4 cm³/mol. The molecule has 3 heterocycles. The van der Waals surface area contributed by atoms with Gasteiger partial charge in [-0.15, -0.1) is 0 Å². The summed E-state index contributed by atoms with van der Waals surface area (Å²) in [6.07, 6.45) is 7.26. The van der Waals surface area contributed by atoms with Gasteiger partial charge in [0.05, 0.1) is 0 Å². The second-order valence-corrected chi connectivity index (χ2v) is 5.50. The first kappa shape index (κ1) is 13.6. The van der Waals surface area contributed by atoms with Gasteiger partial charge in [0.25, 0.3) is 5.91 Å². The van der Waals surface area contributed by atoms with E-state index in [1.807, 2.05) is 31.4 Å². The van der Waals surface area contributed by atoms with Gasteiger partial charge in [-0.25, -0.2) is 9.97 Å². The van der Waals surface area contributed by atoms with Gasteiger partial charge in [-0.1, -0.05) is 0 Å². The Morgan fingerprint density at radius 3 is 3.05 bits per heavy atom. The van der Waals surface area contributed by atoms with Gasteiger partial charge in [0.15, 0.2) is 0 Å². The molecule has 0 unspecified atom stereocenters. The highest BCUT2D eigenvalue weighted by Gasteiger charge is 2.21. The summed E-state index contributed by atoms with van der Waals surface area (Å²) in [7, 11) is 3.82. The summed E-state index contributed by atoms with van der Waals surface area (Å²) in [5.41, 5.74) is 0.644. The lowest BCUT2D eigenvalue weighted by Gasteiger charge is -2.24. The van der Waals surface area contributed by atoms with E-state index in [2.05, 4.69) is 19.9 Å². The van der Waals surface area contributed by atoms with E-state index in [0.717, 1.165) is 31.0 Å². The normalized spacial score (nSPS) is 17.1. The molecule has 1 N–H and O–H groups in total. The average Bonchev–Trinajstić information content (AvgIpc) is 2.95. The fourth-order valence-electron chi connectivity index (χ4n) is 2.56. The lowest BCUT2D eigenvalue weighted by Crippen LogP contribution is -2.40. The van der Waals surface area contributed by atoms with E-state index in [1.54, 1.807) is 18.3 Å². The van der Waals surface area contributed by atoms with Crippen LogP contribution in [0.4, 0.5) is 5.82 Å². The topological polar surface area (TPSA) is 63.1 Å². The van der Waals surface area contributed by atoms with Crippen LogP contribution in [0.15, 0.2) is 30.7 Å². The van der Waals surface area contributed by atoms with E-state index < -0.39 is 0 Å². The van der Waals surface area contributed by atoms with Crippen molar-refractivity contribution in [3.8, 4) is 0 Å². The van der Waals surface area contributed by atoms with Crippen molar-refractivity contribution in [1.29, 1.82) is 0 Å². The van der Waals surface area contributed by atoms with Gasteiger partial charge in [-0.05, 0) is 18.6 Å². The Morgan fingerprint density at radius 2 is 2.24 bits per heavy atom. The highest BCUT2D eigenvalue weighted by atomic mass is 16.1. The van der Waals surface area contributed by atoms with Gasteiger partial charge < -0.3 is 14.8 Å². The van der Waals surface area contributed by atoms with Gasteiger partial charge in [0.2, 0.25) is 0 Å². The Labute approximate surface area is 123 Å². The zero-order valence-electron chi connectivity index (χ0n) is 12.3. The van der Waals surface area contributed by atoms with Crippen molar-refractivity contribution >= 4 is 11.7 Å². The van der Waals surface area contributed by atoms with Gasteiger partial charge in [-0.2, -0.15) is 0 Å². The first-order valence-corrected chi connectivity index (χ1v) is 7.08. The quantitative estimate of drug-likeness (QED) is 0.917. The molecule has 0 radical (unpaired) electrons. The maximum Gasteiger partial charge on any atom is 0.251 e. The third-order valence-electron chi connectivity index (χ3n) is 3.74. The Balaban J connectivity index is 1.68. The van der Waals surface area contributed by atoms with Crippen LogP contribution < -0.4 is 10.2 Å². The number of carbonyl (C=O) groups is 1. The number of hydrogen-bond donors (Lipinski definition) is 1. The number of amides is 1. The fourth-order valence-corrected chi connectivity index (χ4v) is 2.56. The van der Waals surface area contributed by atoms with Crippen LogP contribution in [0.25, 0.3) is 0 Å². The van der Waals surface area contributed by atoms with Crippen LogP contribution >= 0.6 is 0 Å². The number of aryl methyl sites for hydroxylation is 1. The van der Waals surface area contributed by atoms with Crippen molar-refractivity contribution < 1.29 is 4.79 Å². The SMILES string of the molecule is CN(C)c1cc(C(=O)N[C@@H]2CCc3nccn3C2)ccn1. The Kier molecular flexibility index (Phi) is 3.60. The number of rotatable bonds is 3. The Morgan fingerprint density at radius 1 is 1.38 bits per heavy atom. The molecule has 0 bridgehead atoms. The van der Waals surface area contributed by atoms with Crippen LogP contribution in [0.2, 0.25) is 0 Å². The Hall–Kier alpha value is -2.37. The molecule has 6 nitrogen and oxygen atoms in total. The Bertz CT molecular complexity index is 649. The summed E-state index contributed by atoms with van der Waals surface area (Å²) >= 11 is 0. The molecule has 0 saturated carbocycles. The number of nitrogens with one attached hydrogen (secondary N) is 1. The lowest BCUT2D eigenvalue weighted by atomic mass is 10.1. The van der Waals surface area contributed by atoms with E-state index in [4.69, 9.17) is 0 Å². The highest BCUT2D eigenvalue weighted by Crippen LogP contribution is 2.14. The molecule has 1 aliphatic rings. The monoisotopic (exact) mass is 285 g/mol. The van der Waals surface area contributed by atoms with E-state index in [-0.39, 0.29) is 11.9 Å². The van der Waals surface area contributed by atoms with Crippen molar-refractivity contribution in [1.82, 2.24) is 19.9 Å². The maximum atomic E-state index is 12.4. The summed E-state index contributed by atoms with van der Waals surface area (Å²) in [6, 6.07) is 3.70. The summed E-state index contributed by atoms with van der Waals surface area (Å²) < 4.78 is 2.10. The fraction of sp³-hybridized carbons (Fsp3) is 0.400. The molecule has 3 rings (SSSR count). The van der Waals surface area contributed by atoms with E-state index in [1.165, 1.54) is 0 Å². The molecular formula is C15H19N5O. The minimum Gasteiger partial charge on any atom is -0.363 e. The molecule has 1 atom stereocenters. The van der Waals surface area contributed by atoms with E-state index in [9.17, 15) is 4.79 Å². The molecule has 0 saturated heterocycles. The van der Waals surface area contributed by atoms with Gasteiger partial charge in [-0.3, -0.25) is 4.79 Å². The van der Waals surface area contributed by atoms with Crippen LogP contribution in [0.3, 0.4) is 0 Å². The molecule has 2 aromatic heterocycles. The number of carbonyl (C=O) groups excluding carboxylic acids is 1. The average molecular weight is 285 g/mol. The van der Waals surface area contributed by atoms with Gasteiger partial charge in [0.1, 0.15) is 11.6 Å². The number of hydrogen-bond acceptors (Lipinski definition) is 4. The number of aromatic nitrogens is 3. The maximum absolute atomic E-state index is 12.4. The van der Waals surface area contributed by atoms with Crippen molar-refractivity contribution in [3.05, 3.63) is 42.1 Å². The van der Waals surface area contributed by atoms with Gasteiger partial charge in [0, 0.05) is 57.3 Å². The van der Waals surface area contributed by atoms with Gasteiger partial charge >= 0.3 is 0 Å². The molecule has 21 heavy (non-hydrogen) atoms. The van der Waals surface area contributed by atoms with Crippen LogP contribution in [-0.2, 0) is 13.0 Å². The van der Waals surface area contributed by atoms with Crippen molar-refractivity contribution in [2.75, 3.05) is 19.0 Å². The second-order valence-electron chi connectivity index (χ2n) is 5.50. The third-order valence-corrected chi connectivity index (χ3v) is 3.74. The standard InChI is InChI=1S/C15H19N5O/c1-19(2)14-9-11(5-6-16-14)15(21)18-12-3-4-13-17-7-8-20(13)10-12/h5-9,12H,3-4,10H2,1-2H3,(H,18,21)/t12-/m1/s1. The number of anilines is 1. The first-order chi connectivity index (χ1) is 10.1. The zero-order chi connectivity index (χ0) is 14.8. The van der Waals surface area contributed by atoms with Crippen molar-refractivity contribution in [2.45, 2.75) is 25.4 Å². The molecule has 0 aromatic carbocycles. The summed E-state index contributed by atoms with van der Waals surface area (Å²) in [5, 5.41) is 3.10. The summed E-state index contributed by atoms with van der Waals surface area (Å²) in [4.78, 5) is 22.8. The molecule has 0 spiro atoms. The summed E-state index contributed by atoms with van der Waals surface area (Å²) in [5.74, 6) is 1.83. The molecule has 2 aromatic rings. The largest absolute Gasteiger partial charge is 0.363 e. The van der Waals surface area contributed by atoms with Crippen molar-refractivity contribution in [3.63, 3.8) is 0 Å². The van der Waals surface area contributed by atoms with Crippen LogP contribution in [0.5, 0.6) is 0 Å². The summed E-state index contributed by atoms with van der Waals surface area (Å²) in [6.45, 7) is 0.784. The molecule has 1 aliphatic heterocycles. The number of pyridine rings is 1. The highest BCUT2D eigenvalue weighted by molar-refractivity contribution is 5.95. The number of fused-ring (bicyclic) bond motifs is 1. The first-order valence-electron chi connectivity index (χ1n) is 7.08. The van der Waals surface area contributed by atoms with Crippen LogP contribution in [0, 0.1) is 0 Å². The number of nitrogens with zero attached hydrogens (tertiary/aromatic N) is 4. The lowest BCUT2D eigenvalue weighted by molar-refractivity contribution is 0.0927. The van der Waals surface area contributed by atoms with E-state index >= 15 is 0 Å². The second kappa shape index (κ2) is 5.55. The number of imidazole rings is 1. The third kappa shape index (κ3) is 2.89.